The zero-order chi connectivity index (χ0) is 17.2. The number of carbonyl (C=O) groups excluding carboxylic acids is 2. The summed E-state index contributed by atoms with van der Waals surface area (Å²) in [5.41, 5.74) is 2.13. The summed E-state index contributed by atoms with van der Waals surface area (Å²) in [6.45, 7) is 0.467. The van der Waals surface area contributed by atoms with E-state index in [1.165, 1.54) is 38.6 Å². The van der Waals surface area contributed by atoms with Gasteiger partial charge in [-0.05, 0) is 12.1 Å². The molecule has 1 aromatic carbocycles. The number of hydrogen-bond donors (Lipinski definition) is 2. The molecule has 10 heteroatoms. The topological polar surface area (TPSA) is 132 Å². The Bertz CT molecular complexity index is 616. The van der Waals surface area contributed by atoms with E-state index in [0.29, 0.717) is 5.56 Å². The van der Waals surface area contributed by atoms with Gasteiger partial charge in [-0.3, -0.25) is 19.7 Å². The van der Waals surface area contributed by atoms with Crippen molar-refractivity contribution in [1.82, 2.24) is 10.7 Å². The third-order valence-electron chi connectivity index (χ3n) is 2.58. The minimum absolute atomic E-state index is 0.105. The van der Waals surface area contributed by atoms with Crippen LogP contribution in [-0.2, 0) is 14.3 Å². The fraction of sp³-hybridized carbons (Fsp3) is 0.308. The van der Waals surface area contributed by atoms with Crippen LogP contribution in [0.15, 0.2) is 23.3 Å². The molecule has 0 fully saturated rings. The maximum atomic E-state index is 11.4. The van der Waals surface area contributed by atoms with Crippen LogP contribution in [-0.4, -0.2) is 50.3 Å². The molecule has 23 heavy (non-hydrogen) atoms. The van der Waals surface area contributed by atoms with Crippen molar-refractivity contribution >= 4 is 23.7 Å². The van der Waals surface area contributed by atoms with Crippen LogP contribution in [0.1, 0.15) is 5.56 Å². The number of hydrazone groups is 1. The Kier molecular flexibility index (Phi) is 7.14. The van der Waals surface area contributed by atoms with Crippen molar-refractivity contribution in [3.8, 4) is 5.75 Å². The zero-order valence-electron chi connectivity index (χ0n) is 12.6. The van der Waals surface area contributed by atoms with Gasteiger partial charge in [-0.15, -0.1) is 0 Å². The van der Waals surface area contributed by atoms with Gasteiger partial charge < -0.3 is 14.8 Å². The molecule has 0 bridgehead atoms. The molecule has 1 rings (SSSR count). The minimum Gasteiger partial charge on any atom is -0.490 e. The molecule has 10 nitrogen and oxygen atoms in total. The zero-order valence-corrected chi connectivity index (χ0v) is 12.6. The van der Waals surface area contributed by atoms with E-state index in [4.69, 9.17) is 9.47 Å². The Morgan fingerprint density at radius 3 is 2.70 bits per heavy atom. The summed E-state index contributed by atoms with van der Waals surface area (Å²) in [4.78, 5) is 33.0. The summed E-state index contributed by atoms with van der Waals surface area (Å²) >= 11 is 0. The first-order valence-corrected chi connectivity index (χ1v) is 6.42. The maximum absolute atomic E-state index is 11.4. The van der Waals surface area contributed by atoms with Crippen LogP contribution in [0.2, 0.25) is 0 Å². The highest BCUT2D eigenvalue weighted by Crippen LogP contribution is 2.26. The van der Waals surface area contributed by atoms with Crippen molar-refractivity contribution < 1.29 is 24.0 Å². The Balaban J connectivity index is 2.64. The van der Waals surface area contributed by atoms with Gasteiger partial charge in [0.15, 0.2) is 5.75 Å². The van der Waals surface area contributed by atoms with Crippen molar-refractivity contribution in [3.05, 3.63) is 33.9 Å². The predicted molar refractivity (Wildman–Crippen MR) is 80.3 cm³/mol. The summed E-state index contributed by atoms with van der Waals surface area (Å²) < 4.78 is 9.58. The van der Waals surface area contributed by atoms with E-state index in [9.17, 15) is 19.7 Å². The third kappa shape index (κ3) is 5.71. The largest absolute Gasteiger partial charge is 0.490 e. The van der Waals surface area contributed by atoms with E-state index in [2.05, 4.69) is 10.4 Å². The standard InChI is InChI=1S/C13H16N4O6/c1-22-6-5-14-12(18)13(19)16-15-8-9-3-4-11(23-2)10(7-9)17(20)21/h3-4,7-8H,5-6H2,1-2H3,(H,14,18)(H,16,19)/b15-8-. The van der Waals surface area contributed by atoms with E-state index in [0.717, 1.165) is 0 Å². The van der Waals surface area contributed by atoms with Gasteiger partial charge in [0.05, 0.1) is 24.9 Å². The van der Waals surface area contributed by atoms with Gasteiger partial charge in [-0.2, -0.15) is 5.10 Å². The smallest absolute Gasteiger partial charge is 0.329 e. The lowest BCUT2D eigenvalue weighted by atomic mass is 10.2. The van der Waals surface area contributed by atoms with E-state index in [-0.39, 0.29) is 24.6 Å². The number of methoxy groups -OCH3 is 2. The van der Waals surface area contributed by atoms with Crippen molar-refractivity contribution in [2.24, 2.45) is 5.10 Å². The van der Waals surface area contributed by atoms with E-state index in [1.807, 2.05) is 5.43 Å². The number of benzene rings is 1. The van der Waals surface area contributed by atoms with Gasteiger partial charge in [0, 0.05) is 25.3 Å². The highest BCUT2D eigenvalue weighted by atomic mass is 16.6. The number of ether oxygens (including phenoxy) is 2. The summed E-state index contributed by atoms with van der Waals surface area (Å²) in [7, 11) is 2.78. The van der Waals surface area contributed by atoms with Crippen LogP contribution in [0, 0.1) is 10.1 Å². The highest BCUT2D eigenvalue weighted by Gasteiger charge is 2.15. The van der Waals surface area contributed by atoms with Gasteiger partial charge in [0.1, 0.15) is 0 Å². The number of rotatable bonds is 7. The lowest BCUT2D eigenvalue weighted by Crippen LogP contribution is -2.39. The number of nitro benzene ring substituents is 1. The molecule has 0 unspecified atom stereocenters. The predicted octanol–water partition coefficient (Wildman–Crippen LogP) is -0.184. The van der Waals surface area contributed by atoms with Crippen LogP contribution < -0.4 is 15.5 Å². The molecular formula is C13H16N4O6. The van der Waals surface area contributed by atoms with Crippen molar-refractivity contribution in [3.63, 3.8) is 0 Å². The van der Waals surface area contributed by atoms with Crippen LogP contribution in [0.3, 0.4) is 0 Å². The second-order valence-electron chi connectivity index (χ2n) is 4.14. The van der Waals surface area contributed by atoms with E-state index >= 15 is 0 Å². The Hall–Kier alpha value is -3.01. The van der Waals surface area contributed by atoms with Gasteiger partial charge >= 0.3 is 17.5 Å². The highest BCUT2D eigenvalue weighted by molar-refractivity contribution is 6.35. The number of nitro groups is 1. The Morgan fingerprint density at radius 2 is 2.09 bits per heavy atom. The molecule has 0 saturated heterocycles. The number of carbonyl (C=O) groups is 2. The van der Waals surface area contributed by atoms with Gasteiger partial charge in [-0.1, -0.05) is 0 Å². The average molecular weight is 324 g/mol. The number of nitrogens with zero attached hydrogens (tertiary/aromatic N) is 2. The minimum atomic E-state index is -0.958. The number of nitrogens with one attached hydrogen (secondary N) is 2. The molecule has 0 aliphatic heterocycles. The first-order valence-electron chi connectivity index (χ1n) is 6.42. The molecule has 0 radical (unpaired) electrons. The van der Waals surface area contributed by atoms with Gasteiger partial charge in [0.2, 0.25) is 0 Å². The molecule has 2 N–H and O–H groups in total. The summed E-state index contributed by atoms with van der Waals surface area (Å²) in [6.07, 6.45) is 1.17. The fourth-order valence-electron chi connectivity index (χ4n) is 1.49. The molecule has 0 saturated carbocycles. The van der Waals surface area contributed by atoms with E-state index in [1.54, 1.807) is 0 Å². The Morgan fingerprint density at radius 1 is 1.35 bits per heavy atom. The van der Waals surface area contributed by atoms with Crippen molar-refractivity contribution in [1.29, 1.82) is 0 Å². The lowest BCUT2D eigenvalue weighted by Gasteiger charge is -2.03. The molecule has 2 amide bonds. The third-order valence-corrected chi connectivity index (χ3v) is 2.58. The SMILES string of the molecule is COCCNC(=O)C(=O)N/N=C\c1ccc(OC)c([N+](=O)[O-])c1. The summed E-state index contributed by atoms with van der Waals surface area (Å²) in [5.74, 6) is -1.71. The fourth-order valence-corrected chi connectivity index (χ4v) is 1.49. The first kappa shape index (κ1) is 18.0. The van der Waals surface area contributed by atoms with Gasteiger partial charge in [-0.25, -0.2) is 5.43 Å². The molecular weight excluding hydrogens is 308 g/mol. The van der Waals surface area contributed by atoms with Crippen molar-refractivity contribution in [2.75, 3.05) is 27.4 Å². The van der Waals surface area contributed by atoms with Crippen LogP contribution in [0.25, 0.3) is 0 Å². The van der Waals surface area contributed by atoms with Crippen LogP contribution in [0.5, 0.6) is 5.75 Å². The van der Waals surface area contributed by atoms with Gasteiger partial charge in [0.25, 0.3) is 0 Å². The van der Waals surface area contributed by atoms with E-state index < -0.39 is 16.7 Å². The summed E-state index contributed by atoms with van der Waals surface area (Å²) in [5, 5.41) is 16.8. The van der Waals surface area contributed by atoms with Crippen LogP contribution in [0.4, 0.5) is 5.69 Å². The lowest BCUT2D eigenvalue weighted by molar-refractivity contribution is -0.385. The monoisotopic (exact) mass is 324 g/mol. The second-order valence-corrected chi connectivity index (χ2v) is 4.14. The summed E-state index contributed by atoms with van der Waals surface area (Å²) in [6, 6.07) is 4.14. The molecule has 124 valence electrons. The normalized spacial score (nSPS) is 10.3. The molecule has 0 spiro atoms. The molecule has 0 aliphatic carbocycles. The van der Waals surface area contributed by atoms with Crippen molar-refractivity contribution in [2.45, 2.75) is 0 Å². The second kappa shape index (κ2) is 9.10. The Labute approximate surface area is 131 Å². The number of hydrogen-bond acceptors (Lipinski definition) is 7. The molecule has 1 aromatic rings. The molecule has 0 aromatic heterocycles. The average Bonchev–Trinajstić information content (AvgIpc) is 2.54. The van der Waals surface area contributed by atoms with Crippen LogP contribution >= 0.6 is 0 Å². The quantitative estimate of drug-likeness (QED) is 0.235. The molecule has 0 atom stereocenters. The maximum Gasteiger partial charge on any atom is 0.329 e. The first-order chi connectivity index (χ1) is 11.0. The molecule has 0 aliphatic rings. The molecule has 0 heterocycles. The number of amides is 2.